The van der Waals surface area contributed by atoms with Gasteiger partial charge in [-0.15, -0.1) is 0 Å². The number of amides is 1. The quantitative estimate of drug-likeness (QED) is 0.464. The number of benzene rings is 3. The number of phenols is 1. The monoisotopic (exact) mass is 404 g/mol. The van der Waals surface area contributed by atoms with Gasteiger partial charge in [-0.05, 0) is 48.1 Å². The SMILES string of the molecule is CSC(=NC(=O)c1ccccc1)N(CCc1ccccc1)Cc1ccc(O)cc1. The maximum absolute atomic E-state index is 12.6. The van der Waals surface area contributed by atoms with E-state index < -0.39 is 0 Å². The number of hydrogen-bond donors (Lipinski definition) is 1. The number of nitrogens with zero attached hydrogens (tertiary/aromatic N) is 2. The van der Waals surface area contributed by atoms with Gasteiger partial charge in [0.2, 0.25) is 0 Å². The molecule has 148 valence electrons. The molecule has 0 saturated heterocycles. The summed E-state index contributed by atoms with van der Waals surface area (Å²) in [6.07, 6.45) is 2.78. The molecule has 0 unspecified atom stereocenters. The van der Waals surface area contributed by atoms with E-state index in [9.17, 15) is 9.90 Å². The molecule has 1 amide bonds. The lowest BCUT2D eigenvalue weighted by Crippen LogP contribution is -2.31. The maximum Gasteiger partial charge on any atom is 0.279 e. The Balaban J connectivity index is 1.83. The van der Waals surface area contributed by atoms with Crippen molar-refractivity contribution < 1.29 is 9.90 Å². The minimum Gasteiger partial charge on any atom is -0.508 e. The fourth-order valence-corrected chi connectivity index (χ4v) is 3.54. The number of phenolic OH excluding ortho intramolecular Hbond substituents is 1. The third-order valence-corrected chi connectivity index (χ3v) is 5.21. The molecule has 3 rings (SSSR count). The topological polar surface area (TPSA) is 52.9 Å². The third-order valence-electron chi connectivity index (χ3n) is 4.49. The molecule has 0 saturated carbocycles. The molecule has 0 aliphatic carbocycles. The van der Waals surface area contributed by atoms with Crippen LogP contribution in [0.2, 0.25) is 0 Å². The molecule has 0 atom stereocenters. The summed E-state index contributed by atoms with van der Waals surface area (Å²) >= 11 is 1.46. The van der Waals surface area contributed by atoms with Crippen LogP contribution < -0.4 is 0 Å². The van der Waals surface area contributed by atoms with Crippen LogP contribution in [0.15, 0.2) is 89.9 Å². The first-order valence-corrected chi connectivity index (χ1v) is 10.7. The number of carbonyl (C=O) groups excluding carboxylic acids is 1. The van der Waals surface area contributed by atoms with Crippen LogP contribution in [0.3, 0.4) is 0 Å². The van der Waals surface area contributed by atoms with E-state index in [0.717, 1.165) is 18.5 Å². The lowest BCUT2D eigenvalue weighted by molar-refractivity contribution is 0.100. The molecule has 0 bridgehead atoms. The molecule has 0 aliphatic rings. The average molecular weight is 405 g/mol. The predicted octanol–water partition coefficient (Wildman–Crippen LogP) is 5.00. The average Bonchev–Trinajstić information content (AvgIpc) is 2.77. The Morgan fingerprint density at radius 1 is 0.897 bits per heavy atom. The standard InChI is InChI=1S/C24H24N2O2S/c1-29-24(25-23(28)21-10-6-3-7-11-21)26(17-16-19-8-4-2-5-9-19)18-20-12-14-22(27)15-13-20/h2-15,27H,16-18H2,1H3. The molecule has 4 nitrogen and oxygen atoms in total. The van der Waals surface area contributed by atoms with Gasteiger partial charge in [0.25, 0.3) is 5.91 Å². The number of aromatic hydroxyl groups is 1. The molecule has 0 heterocycles. The molecule has 0 aliphatic heterocycles. The van der Waals surface area contributed by atoms with Crippen molar-refractivity contribution in [3.8, 4) is 5.75 Å². The summed E-state index contributed by atoms with van der Waals surface area (Å²) in [4.78, 5) is 19.2. The van der Waals surface area contributed by atoms with Crippen molar-refractivity contribution >= 4 is 22.8 Å². The Morgan fingerprint density at radius 3 is 2.14 bits per heavy atom. The second-order valence-corrected chi connectivity index (χ2v) is 7.37. The van der Waals surface area contributed by atoms with E-state index >= 15 is 0 Å². The van der Waals surface area contributed by atoms with Gasteiger partial charge in [0.15, 0.2) is 5.17 Å². The number of amidine groups is 1. The van der Waals surface area contributed by atoms with Crippen molar-refractivity contribution in [2.45, 2.75) is 13.0 Å². The molecular formula is C24H24N2O2S. The van der Waals surface area contributed by atoms with E-state index in [1.807, 2.05) is 54.8 Å². The van der Waals surface area contributed by atoms with E-state index in [0.29, 0.717) is 17.3 Å². The first kappa shape index (κ1) is 20.7. The van der Waals surface area contributed by atoms with Crippen LogP contribution in [0.5, 0.6) is 5.75 Å². The molecule has 0 aromatic heterocycles. The summed E-state index contributed by atoms with van der Waals surface area (Å²) in [6, 6.07) is 26.5. The van der Waals surface area contributed by atoms with E-state index in [1.165, 1.54) is 17.3 Å². The summed E-state index contributed by atoms with van der Waals surface area (Å²) in [6.45, 7) is 1.33. The molecule has 0 radical (unpaired) electrons. The zero-order valence-electron chi connectivity index (χ0n) is 16.4. The smallest absolute Gasteiger partial charge is 0.279 e. The normalized spacial score (nSPS) is 11.3. The Kier molecular flexibility index (Phi) is 7.47. The Hall–Kier alpha value is -3.05. The van der Waals surface area contributed by atoms with Crippen LogP contribution >= 0.6 is 11.8 Å². The van der Waals surface area contributed by atoms with Crippen LogP contribution in [-0.4, -0.2) is 33.9 Å². The zero-order chi connectivity index (χ0) is 20.5. The number of carbonyl (C=O) groups is 1. The van der Waals surface area contributed by atoms with Gasteiger partial charge in [-0.2, -0.15) is 4.99 Å². The second-order valence-electron chi connectivity index (χ2n) is 6.59. The van der Waals surface area contributed by atoms with Crippen molar-refractivity contribution in [2.75, 3.05) is 12.8 Å². The number of aliphatic imine (C=N–C) groups is 1. The van der Waals surface area contributed by atoms with Gasteiger partial charge in [0.1, 0.15) is 5.75 Å². The Bertz CT molecular complexity index is 942. The van der Waals surface area contributed by atoms with Gasteiger partial charge >= 0.3 is 0 Å². The molecule has 3 aromatic rings. The van der Waals surface area contributed by atoms with Crippen LogP contribution in [0, 0.1) is 0 Å². The first-order chi connectivity index (χ1) is 14.2. The zero-order valence-corrected chi connectivity index (χ0v) is 17.2. The number of hydrogen-bond acceptors (Lipinski definition) is 3. The van der Waals surface area contributed by atoms with Crippen molar-refractivity contribution in [2.24, 2.45) is 4.99 Å². The van der Waals surface area contributed by atoms with Gasteiger partial charge < -0.3 is 10.0 Å². The highest BCUT2D eigenvalue weighted by molar-refractivity contribution is 8.13. The molecule has 29 heavy (non-hydrogen) atoms. The summed E-state index contributed by atoms with van der Waals surface area (Å²) in [7, 11) is 0. The van der Waals surface area contributed by atoms with Crippen molar-refractivity contribution in [1.82, 2.24) is 4.90 Å². The third kappa shape index (κ3) is 6.22. The second kappa shape index (κ2) is 10.5. The Labute approximate surface area is 175 Å². The summed E-state index contributed by atoms with van der Waals surface area (Å²) < 4.78 is 0. The van der Waals surface area contributed by atoms with Crippen LogP contribution in [0.1, 0.15) is 21.5 Å². The lowest BCUT2D eigenvalue weighted by atomic mass is 10.1. The molecule has 0 spiro atoms. The number of thioether (sulfide) groups is 1. The van der Waals surface area contributed by atoms with E-state index in [-0.39, 0.29) is 11.7 Å². The van der Waals surface area contributed by atoms with E-state index in [1.54, 1.807) is 24.3 Å². The van der Waals surface area contributed by atoms with Gasteiger partial charge in [0, 0.05) is 18.7 Å². The van der Waals surface area contributed by atoms with Gasteiger partial charge in [0.05, 0.1) is 0 Å². The molecule has 5 heteroatoms. The minimum absolute atomic E-state index is 0.239. The highest BCUT2D eigenvalue weighted by atomic mass is 32.2. The first-order valence-electron chi connectivity index (χ1n) is 9.44. The fraction of sp³-hybridized carbons (Fsp3) is 0.167. The van der Waals surface area contributed by atoms with Crippen LogP contribution in [0.4, 0.5) is 0 Å². The molecule has 0 fully saturated rings. The van der Waals surface area contributed by atoms with Crippen LogP contribution in [0.25, 0.3) is 0 Å². The molecule has 3 aromatic carbocycles. The van der Waals surface area contributed by atoms with Crippen molar-refractivity contribution in [3.63, 3.8) is 0 Å². The van der Waals surface area contributed by atoms with E-state index in [2.05, 4.69) is 22.0 Å². The van der Waals surface area contributed by atoms with Crippen LogP contribution in [-0.2, 0) is 13.0 Å². The molecule has 1 N–H and O–H groups in total. The van der Waals surface area contributed by atoms with Crippen molar-refractivity contribution in [1.29, 1.82) is 0 Å². The van der Waals surface area contributed by atoms with Gasteiger partial charge in [-0.1, -0.05) is 72.4 Å². The van der Waals surface area contributed by atoms with Gasteiger partial charge in [-0.3, -0.25) is 4.79 Å². The maximum atomic E-state index is 12.6. The number of rotatable bonds is 6. The summed E-state index contributed by atoms with van der Waals surface area (Å²) in [5.41, 5.74) is 2.86. The summed E-state index contributed by atoms with van der Waals surface area (Å²) in [5, 5.41) is 10.2. The highest BCUT2D eigenvalue weighted by Gasteiger charge is 2.14. The molecular weight excluding hydrogens is 380 g/mol. The minimum atomic E-state index is -0.245. The lowest BCUT2D eigenvalue weighted by Gasteiger charge is -2.25. The largest absolute Gasteiger partial charge is 0.508 e. The Morgan fingerprint density at radius 2 is 1.52 bits per heavy atom. The fourth-order valence-electron chi connectivity index (χ4n) is 2.95. The summed E-state index contributed by atoms with van der Waals surface area (Å²) in [5.74, 6) is -0.00651. The highest BCUT2D eigenvalue weighted by Crippen LogP contribution is 2.17. The van der Waals surface area contributed by atoms with Gasteiger partial charge in [-0.25, -0.2) is 0 Å². The van der Waals surface area contributed by atoms with E-state index in [4.69, 9.17) is 0 Å². The van der Waals surface area contributed by atoms with Crippen molar-refractivity contribution in [3.05, 3.63) is 102 Å². The predicted molar refractivity (Wildman–Crippen MR) is 120 cm³/mol.